The maximum atomic E-state index is 3.82. The quantitative estimate of drug-likeness (QED) is 0.807. The molecule has 2 unspecified atom stereocenters. The standard InChI is InChI=1S/C15H28N2/c1-11-6-15(7-11)17-9-12(2)5-14(10-17)16-8-13-3-4-13/h11-16H,3-10H2,1-2H3. The van der Waals surface area contributed by atoms with Crippen molar-refractivity contribution < 1.29 is 0 Å². The monoisotopic (exact) mass is 236 g/mol. The summed E-state index contributed by atoms with van der Waals surface area (Å²) >= 11 is 0. The van der Waals surface area contributed by atoms with Crippen molar-refractivity contribution in [3.05, 3.63) is 0 Å². The number of nitrogens with one attached hydrogen (secondary N) is 1. The molecule has 0 bridgehead atoms. The molecule has 3 rings (SSSR count). The summed E-state index contributed by atoms with van der Waals surface area (Å²) in [7, 11) is 0. The zero-order valence-electron chi connectivity index (χ0n) is 11.5. The lowest BCUT2D eigenvalue weighted by molar-refractivity contribution is 0.0375. The van der Waals surface area contributed by atoms with Crippen molar-refractivity contribution in [1.29, 1.82) is 0 Å². The van der Waals surface area contributed by atoms with Crippen molar-refractivity contribution in [2.45, 2.75) is 58.0 Å². The normalized spacial score (nSPS) is 43.4. The topological polar surface area (TPSA) is 15.3 Å². The first kappa shape index (κ1) is 12.0. The van der Waals surface area contributed by atoms with E-state index in [1.165, 1.54) is 51.7 Å². The van der Waals surface area contributed by atoms with Gasteiger partial charge in [-0.15, -0.1) is 0 Å². The number of piperidine rings is 1. The van der Waals surface area contributed by atoms with Crippen LogP contribution in [0.15, 0.2) is 0 Å². The molecule has 1 heterocycles. The van der Waals surface area contributed by atoms with E-state index in [0.717, 1.165) is 29.8 Å². The third kappa shape index (κ3) is 3.03. The molecule has 0 aromatic heterocycles. The minimum atomic E-state index is 0.773. The van der Waals surface area contributed by atoms with Crippen molar-refractivity contribution >= 4 is 0 Å². The SMILES string of the molecule is CC1CC(N2CC(C)CC(NCC3CC3)C2)C1. The molecule has 3 fully saturated rings. The van der Waals surface area contributed by atoms with Crippen LogP contribution in [0.25, 0.3) is 0 Å². The van der Waals surface area contributed by atoms with Crippen molar-refractivity contribution in [3.63, 3.8) is 0 Å². The van der Waals surface area contributed by atoms with Gasteiger partial charge in [0.15, 0.2) is 0 Å². The Hall–Kier alpha value is -0.0800. The van der Waals surface area contributed by atoms with Gasteiger partial charge >= 0.3 is 0 Å². The second-order valence-electron chi connectivity index (χ2n) is 7.07. The number of hydrogen-bond acceptors (Lipinski definition) is 2. The van der Waals surface area contributed by atoms with Crippen LogP contribution in [-0.2, 0) is 0 Å². The van der Waals surface area contributed by atoms with Gasteiger partial charge in [-0.25, -0.2) is 0 Å². The highest BCUT2D eigenvalue weighted by molar-refractivity contribution is 4.91. The highest BCUT2D eigenvalue weighted by Gasteiger charge is 2.35. The molecule has 2 atom stereocenters. The fourth-order valence-electron chi connectivity index (χ4n) is 3.65. The van der Waals surface area contributed by atoms with Crippen molar-refractivity contribution in [1.82, 2.24) is 10.2 Å². The van der Waals surface area contributed by atoms with Gasteiger partial charge in [0, 0.05) is 25.2 Å². The van der Waals surface area contributed by atoms with Gasteiger partial charge < -0.3 is 5.32 Å². The predicted molar refractivity (Wildman–Crippen MR) is 72.1 cm³/mol. The van der Waals surface area contributed by atoms with Crippen LogP contribution < -0.4 is 5.32 Å². The first-order valence-corrected chi connectivity index (χ1v) is 7.68. The van der Waals surface area contributed by atoms with E-state index in [1.807, 2.05) is 0 Å². The van der Waals surface area contributed by atoms with Crippen LogP contribution in [-0.4, -0.2) is 36.6 Å². The molecule has 2 nitrogen and oxygen atoms in total. The summed E-state index contributed by atoms with van der Waals surface area (Å²) in [6.45, 7) is 8.77. The maximum absolute atomic E-state index is 3.82. The van der Waals surface area contributed by atoms with Crippen molar-refractivity contribution in [2.24, 2.45) is 17.8 Å². The van der Waals surface area contributed by atoms with Gasteiger partial charge in [0.05, 0.1) is 0 Å². The van der Waals surface area contributed by atoms with Crippen molar-refractivity contribution in [3.8, 4) is 0 Å². The van der Waals surface area contributed by atoms with Crippen LogP contribution in [0.4, 0.5) is 0 Å². The molecule has 2 heteroatoms. The van der Waals surface area contributed by atoms with Gasteiger partial charge in [-0.2, -0.15) is 0 Å². The molecular weight excluding hydrogens is 208 g/mol. The van der Waals surface area contributed by atoms with Gasteiger partial charge in [0.2, 0.25) is 0 Å². The molecule has 1 N–H and O–H groups in total. The minimum Gasteiger partial charge on any atom is -0.312 e. The van der Waals surface area contributed by atoms with E-state index in [2.05, 4.69) is 24.1 Å². The van der Waals surface area contributed by atoms with E-state index in [9.17, 15) is 0 Å². The van der Waals surface area contributed by atoms with Crippen LogP contribution in [0.1, 0.15) is 46.0 Å². The van der Waals surface area contributed by atoms with E-state index in [4.69, 9.17) is 0 Å². The Kier molecular flexibility index (Phi) is 3.45. The van der Waals surface area contributed by atoms with E-state index in [1.54, 1.807) is 0 Å². The van der Waals surface area contributed by atoms with E-state index >= 15 is 0 Å². The van der Waals surface area contributed by atoms with E-state index in [0.29, 0.717) is 0 Å². The smallest absolute Gasteiger partial charge is 0.0198 e. The third-order valence-electron chi connectivity index (χ3n) is 4.95. The molecule has 0 amide bonds. The fourth-order valence-corrected chi connectivity index (χ4v) is 3.65. The second kappa shape index (κ2) is 4.89. The molecule has 17 heavy (non-hydrogen) atoms. The number of nitrogens with zero attached hydrogens (tertiary/aromatic N) is 1. The molecule has 0 spiro atoms. The Morgan fingerprint density at radius 3 is 2.41 bits per heavy atom. The van der Waals surface area contributed by atoms with E-state index < -0.39 is 0 Å². The highest BCUT2D eigenvalue weighted by atomic mass is 15.2. The Morgan fingerprint density at radius 2 is 1.76 bits per heavy atom. The van der Waals surface area contributed by atoms with Gasteiger partial charge in [0.1, 0.15) is 0 Å². The van der Waals surface area contributed by atoms with Gasteiger partial charge in [-0.05, 0) is 56.4 Å². The van der Waals surface area contributed by atoms with Crippen molar-refractivity contribution in [2.75, 3.05) is 19.6 Å². The zero-order valence-corrected chi connectivity index (χ0v) is 11.5. The lowest BCUT2D eigenvalue weighted by Gasteiger charge is -2.47. The second-order valence-corrected chi connectivity index (χ2v) is 7.07. The number of rotatable bonds is 4. The van der Waals surface area contributed by atoms with Crippen LogP contribution in [0.5, 0.6) is 0 Å². The summed E-state index contributed by atoms with van der Waals surface area (Å²) in [6, 6.07) is 1.69. The summed E-state index contributed by atoms with van der Waals surface area (Å²) in [4.78, 5) is 2.78. The first-order valence-electron chi connectivity index (χ1n) is 7.68. The molecule has 0 aromatic rings. The predicted octanol–water partition coefficient (Wildman–Crippen LogP) is 2.49. The Bertz CT molecular complexity index is 256. The first-order chi connectivity index (χ1) is 8.20. The molecule has 2 saturated carbocycles. The fraction of sp³-hybridized carbons (Fsp3) is 1.00. The van der Waals surface area contributed by atoms with E-state index in [-0.39, 0.29) is 0 Å². The van der Waals surface area contributed by atoms with Gasteiger partial charge in [-0.3, -0.25) is 4.90 Å². The van der Waals surface area contributed by atoms with Crippen LogP contribution in [0, 0.1) is 17.8 Å². The van der Waals surface area contributed by atoms with Crippen LogP contribution in [0.2, 0.25) is 0 Å². The summed E-state index contributed by atoms with van der Waals surface area (Å²) in [5.41, 5.74) is 0. The lowest BCUT2D eigenvalue weighted by atomic mass is 9.79. The lowest BCUT2D eigenvalue weighted by Crippen LogP contribution is -2.55. The van der Waals surface area contributed by atoms with Crippen LogP contribution >= 0.6 is 0 Å². The molecule has 1 aliphatic heterocycles. The largest absolute Gasteiger partial charge is 0.312 e. The zero-order chi connectivity index (χ0) is 11.8. The molecule has 1 saturated heterocycles. The third-order valence-corrected chi connectivity index (χ3v) is 4.95. The Morgan fingerprint density at radius 1 is 1.00 bits per heavy atom. The average molecular weight is 236 g/mol. The Balaban J connectivity index is 1.47. The maximum Gasteiger partial charge on any atom is 0.0198 e. The molecule has 98 valence electrons. The average Bonchev–Trinajstić information content (AvgIpc) is 3.05. The molecule has 3 aliphatic rings. The Labute approximate surface area is 106 Å². The summed E-state index contributed by atoms with van der Waals surface area (Å²) < 4.78 is 0. The minimum absolute atomic E-state index is 0.773. The van der Waals surface area contributed by atoms with Crippen LogP contribution in [0.3, 0.4) is 0 Å². The highest BCUT2D eigenvalue weighted by Crippen LogP contribution is 2.34. The molecule has 0 aromatic carbocycles. The summed E-state index contributed by atoms with van der Waals surface area (Å²) in [5, 5.41) is 3.82. The molecular formula is C15H28N2. The summed E-state index contributed by atoms with van der Waals surface area (Å²) in [6.07, 6.45) is 7.23. The number of likely N-dealkylation sites (tertiary alicyclic amines) is 1. The number of hydrogen-bond donors (Lipinski definition) is 1. The molecule has 2 aliphatic carbocycles. The van der Waals surface area contributed by atoms with Gasteiger partial charge in [0.25, 0.3) is 0 Å². The summed E-state index contributed by atoms with van der Waals surface area (Å²) in [5.74, 6) is 2.89. The van der Waals surface area contributed by atoms with Gasteiger partial charge in [-0.1, -0.05) is 13.8 Å². The molecule has 0 radical (unpaired) electrons.